The number of unbranched alkanes of at least 4 members (excludes halogenated alkanes) is 1. The molecule has 0 amide bonds. The van der Waals surface area contributed by atoms with Gasteiger partial charge < -0.3 is 5.11 Å². The van der Waals surface area contributed by atoms with Crippen LogP contribution in [-0.2, 0) is 0 Å². The topological polar surface area (TPSA) is 20.2 Å². The predicted octanol–water partition coefficient (Wildman–Crippen LogP) is 0.982. The first-order valence-corrected chi connectivity index (χ1v) is 4.53. The number of hydrogen-bond donors (Lipinski definition) is 1. The van der Waals surface area contributed by atoms with Gasteiger partial charge >= 0.3 is 46.7 Å². The number of hydrogen-bond acceptors (Lipinski definition) is 1. The molecular formula is C5H13OSn. The minimum absolute atomic E-state index is 1.00. The first-order valence-electron chi connectivity index (χ1n) is 2.51. The summed E-state index contributed by atoms with van der Waals surface area (Å²) in [5.74, 6) is 0. The van der Waals surface area contributed by atoms with Gasteiger partial charge in [-0.25, -0.2) is 0 Å². The molecule has 0 spiro atoms. The van der Waals surface area contributed by atoms with Crippen molar-refractivity contribution in [2.75, 3.05) is 7.11 Å². The molecule has 0 heterocycles. The molecule has 1 nitrogen and oxygen atoms in total. The van der Waals surface area contributed by atoms with Crippen molar-refractivity contribution in [3.63, 3.8) is 0 Å². The molecule has 7 heavy (non-hydrogen) atoms. The summed E-state index contributed by atoms with van der Waals surface area (Å²) in [7, 11) is 1.00. The van der Waals surface area contributed by atoms with Gasteiger partial charge in [-0.3, -0.25) is 0 Å². The molecule has 0 rings (SSSR count). The Hall–Kier alpha value is 0.759. The van der Waals surface area contributed by atoms with E-state index in [9.17, 15) is 0 Å². The molecule has 0 aliphatic carbocycles. The van der Waals surface area contributed by atoms with E-state index < -0.39 is 0 Å². The fraction of sp³-hybridized carbons (Fsp3) is 1.00. The van der Waals surface area contributed by atoms with Crippen LogP contribution in [0.2, 0.25) is 4.44 Å². The van der Waals surface area contributed by atoms with E-state index in [2.05, 4.69) is 6.92 Å². The Morgan fingerprint density at radius 2 is 1.86 bits per heavy atom. The van der Waals surface area contributed by atoms with E-state index in [1.54, 1.807) is 22.5 Å². The number of aliphatic hydroxyl groups is 1. The monoisotopic (exact) mass is 209 g/mol. The summed E-state index contributed by atoms with van der Waals surface area (Å²) in [6.07, 6.45) is 2.80. The van der Waals surface area contributed by atoms with Gasteiger partial charge in [0.25, 0.3) is 0 Å². The van der Waals surface area contributed by atoms with E-state index >= 15 is 0 Å². The zero-order valence-corrected chi connectivity index (χ0v) is 7.92. The maximum atomic E-state index is 7.00. The summed E-state index contributed by atoms with van der Waals surface area (Å²) in [6, 6.07) is 0. The van der Waals surface area contributed by atoms with Crippen molar-refractivity contribution in [2.45, 2.75) is 24.2 Å². The molecule has 0 unspecified atom stereocenters. The van der Waals surface area contributed by atoms with Gasteiger partial charge in [-0.2, -0.15) is 0 Å². The average molecular weight is 208 g/mol. The Balaban J connectivity index is 0. The Bertz CT molecular complexity index is 15.6. The van der Waals surface area contributed by atoms with Crippen LogP contribution in [0.5, 0.6) is 0 Å². The van der Waals surface area contributed by atoms with E-state index in [1.165, 1.54) is 17.3 Å². The van der Waals surface area contributed by atoms with E-state index in [4.69, 9.17) is 5.11 Å². The van der Waals surface area contributed by atoms with Crippen LogP contribution in [0.1, 0.15) is 19.8 Å². The second kappa shape index (κ2) is 15.9. The Labute approximate surface area is 59.2 Å². The SMILES string of the molecule is CCC[CH2][Sn].CO. The molecular weight excluding hydrogens is 195 g/mol. The third-order valence-corrected chi connectivity index (χ3v) is 1.54. The molecule has 0 aromatic rings. The minimum Gasteiger partial charge on any atom is -0.400 e. The molecule has 2 heteroatoms. The van der Waals surface area contributed by atoms with Crippen LogP contribution < -0.4 is 0 Å². The first kappa shape index (κ1) is 10.7. The summed E-state index contributed by atoms with van der Waals surface area (Å²) < 4.78 is 1.43. The summed E-state index contributed by atoms with van der Waals surface area (Å²) in [5, 5.41) is 7.00. The average Bonchev–Trinajstić information content (AvgIpc) is 1.75. The standard InChI is InChI=1S/C4H9.CH4O.Sn/c1-3-4-2;1-2;/h1,3-4H2,2H3;2H,1H3;. The molecule has 3 radical (unpaired) electrons. The van der Waals surface area contributed by atoms with Crippen LogP contribution in [-0.4, -0.2) is 34.7 Å². The molecule has 0 saturated heterocycles. The van der Waals surface area contributed by atoms with Crippen LogP contribution in [0, 0.1) is 0 Å². The predicted molar refractivity (Wildman–Crippen MR) is 33.6 cm³/mol. The molecule has 1 N–H and O–H groups in total. The summed E-state index contributed by atoms with van der Waals surface area (Å²) in [4.78, 5) is 0. The first-order chi connectivity index (χ1) is 3.41. The van der Waals surface area contributed by atoms with Crippen LogP contribution >= 0.6 is 0 Å². The van der Waals surface area contributed by atoms with E-state index in [-0.39, 0.29) is 0 Å². The van der Waals surface area contributed by atoms with Crippen LogP contribution in [0.25, 0.3) is 0 Å². The van der Waals surface area contributed by atoms with E-state index in [0.29, 0.717) is 0 Å². The second-order valence-corrected chi connectivity index (χ2v) is 2.53. The second-order valence-electron chi connectivity index (χ2n) is 1.10. The normalized spacial score (nSPS) is 6.86. The van der Waals surface area contributed by atoms with Gasteiger partial charge in [0.2, 0.25) is 0 Å². The molecule has 43 valence electrons. The van der Waals surface area contributed by atoms with Crippen molar-refractivity contribution in [1.82, 2.24) is 0 Å². The fourth-order valence-corrected chi connectivity index (χ4v) is 1.19. The van der Waals surface area contributed by atoms with Gasteiger partial charge in [-0.05, 0) is 0 Å². The van der Waals surface area contributed by atoms with Gasteiger partial charge in [-0.15, -0.1) is 0 Å². The quantitative estimate of drug-likeness (QED) is 0.670. The van der Waals surface area contributed by atoms with Crippen molar-refractivity contribution < 1.29 is 5.11 Å². The molecule has 0 aliphatic rings. The van der Waals surface area contributed by atoms with Gasteiger partial charge in [0.1, 0.15) is 0 Å². The maximum absolute atomic E-state index is 7.00. The summed E-state index contributed by atoms with van der Waals surface area (Å²) >= 11 is 1.68. The van der Waals surface area contributed by atoms with Crippen molar-refractivity contribution in [3.05, 3.63) is 0 Å². The maximum Gasteiger partial charge on any atom is 0.0319 e. The molecule has 0 fully saturated rings. The third kappa shape index (κ3) is 20.1. The zero-order valence-electron chi connectivity index (χ0n) is 5.07. The zero-order chi connectivity index (χ0) is 6.12. The van der Waals surface area contributed by atoms with Crippen molar-refractivity contribution in [1.29, 1.82) is 0 Å². The fourth-order valence-electron chi connectivity index (χ4n) is 0.177. The molecule has 0 atom stereocenters. The van der Waals surface area contributed by atoms with Crippen LogP contribution in [0.15, 0.2) is 0 Å². The van der Waals surface area contributed by atoms with Crippen LogP contribution in [0.3, 0.4) is 0 Å². The van der Waals surface area contributed by atoms with Gasteiger partial charge in [0.05, 0.1) is 0 Å². The minimum atomic E-state index is 1.00. The van der Waals surface area contributed by atoms with E-state index in [0.717, 1.165) is 7.11 Å². The van der Waals surface area contributed by atoms with E-state index in [1.807, 2.05) is 0 Å². The van der Waals surface area contributed by atoms with Crippen molar-refractivity contribution in [2.24, 2.45) is 0 Å². The molecule has 0 aliphatic heterocycles. The molecule has 0 bridgehead atoms. The number of aliphatic hydroxyl groups excluding tert-OH is 1. The number of rotatable bonds is 2. The summed E-state index contributed by atoms with van der Waals surface area (Å²) in [5.41, 5.74) is 0. The Morgan fingerprint density at radius 3 is 1.86 bits per heavy atom. The van der Waals surface area contributed by atoms with Crippen LogP contribution in [0.4, 0.5) is 0 Å². The summed E-state index contributed by atoms with van der Waals surface area (Å²) in [6.45, 7) is 2.23. The smallest absolute Gasteiger partial charge is 0.0319 e. The van der Waals surface area contributed by atoms with Gasteiger partial charge in [0.15, 0.2) is 0 Å². The van der Waals surface area contributed by atoms with Gasteiger partial charge in [-0.1, -0.05) is 0 Å². The van der Waals surface area contributed by atoms with Crippen molar-refractivity contribution in [3.8, 4) is 0 Å². The molecule has 0 aromatic heterocycles. The molecule has 0 aromatic carbocycles. The van der Waals surface area contributed by atoms with Gasteiger partial charge in [0, 0.05) is 7.11 Å². The Kier molecular flexibility index (Phi) is 24.2. The third-order valence-electron chi connectivity index (χ3n) is 0.530. The molecule has 0 saturated carbocycles. The largest absolute Gasteiger partial charge is 0.400 e. The Morgan fingerprint density at radius 1 is 1.43 bits per heavy atom. The van der Waals surface area contributed by atoms with Crippen molar-refractivity contribution >= 4 is 22.5 Å².